The number of aromatic amines is 1. The molecule has 0 saturated carbocycles. The fourth-order valence-corrected chi connectivity index (χ4v) is 1.60. The lowest BCUT2D eigenvalue weighted by molar-refractivity contribution is 0.299. The van der Waals surface area contributed by atoms with Gasteiger partial charge in [0.25, 0.3) is 0 Å². The maximum absolute atomic E-state index is 13.6. The Kier molecular flexibility index (Phi) is 4.79. The summed E-state index contributed by atoms with van der Waals surface area (Å²) < 4.78 is 13.6. The molecular weight excluding hydrogens is 191 g/mol. The highest BCUT2D eigenvalue weighted by Gasteiger charge is 2.12. The molecule has 0 amide bonds. The minimum atomic E-state index is -0.879. The van der Waals surface area contributed by atoms with E-state index < -0.39 is 6.17 Å². The first-order chi connectivity index (χ1) is 7.13. The maximum Gasteiger partial charge on any atom is 0.141 e. The first-order valence-corrected chi connectivity index (χ1v) is 5.79. The van der Waals surface area contributed by atoms with Crippen LogP contribution >= 0.6 is 0 Å². The van der Waals surface area contributed by atoms with Gasteiger partial charge < -0.3 is 4.98 Å². The minimum absolute atomic E-state index is 0.603. The van der Waals surface area contributed by atoms with Gasteiger partial charge in [-0.15, -0.1) is 0 Å². The third-order valence-electron chi connectivity index (χ3n) is 2.91. The SMILES string of the molecule is CCC(C)CCCC(F)c1cnc(C)[nH]1. The quantitative estimate of drug-likeness (QED) is 0.760. The van der Waals surface area contributed by atoms with Crippen LogP contribution in [0.25, 0.3) is 0 Å². The van der Waals surface area contributed by atoms with Gasteiger partial charge in [0.05, 0.1) is 11.9 Å². The summed E-state index contributed by atoms with van der Waals surface area (Å²) >= 11 is 0. The second-order valence-corrected chi connectivity index (χ2v) is 4.34. The van der Waals surface area contributed by atoms with Gasteiger partial charge in [-0.2, -0.15) is 0 Å². The Labute approximate surface area is 91.3 Å². The molecule has 0 aliphatic heterocycles. The Morgan fingerprint density at radius 3 is 2.73 bits per heavy atom. The zero-order valence-corrected chi connectivity index (χ0v) is 9.89. The molecule has 1 rings (SSSR count). The summed E-state index contributed by atoms with van der Waals surface area (Å²) in [6.45, 7) is 6.23. The number of rotatable bonds is 6. The van der Waals surface area contributed by atoms with Crippen molar-refractivity contribution in [2.75, 3.05) is 0 Å². The number of alkyl halides is 1. The molecule has 0 fully saturated rings. The molecule has 0 spiro atoms. The first kappa shape index (κ1) is 12.2. The van der Waals surface area contributed by atoms with Crippen LogP contribution in [0.2, 0.25) is 0 Å². The molecule has 15 heavy (non-hydrogen) atoms. The second-order valence-electron chi connectivity index (χ2n) is 4.34. The maximum atomic E-state index is 13.6. The molecule has 1 aromatic rings. The van der Waals surface area contributed by atoms with Gasteiger partial charge in [-0.3, -0.25) is 0 Å². The smallest absolute Gasteiger partial charge is 0.141 e. The zero-order valence-electron chi connectivity index (χ0n) is 9.89. The van der Waals surface area contributed by atoms with E-state index in [4.69, 9.17) is 0 Å². The molecule has 2 atom stereocenters. The van der Waals surface area contributed by atoms with Gasteiger partial charge in [0.1, 0.15) is 12.0 Å². The lowest BCUT2D eigenvalue weighted by atomic mass is 10.00. The topological polar surface area (TPSA) is 28.7 Å². The number of aryl methyl sites for hydroxylation is 1. The second kappa shape index (κ2) is 5.89. The summed E-state index contributed by atoms with van der Waals surface area (Å²) in [6, 6.07) is 0. The van der Waals surface area contributed by atoms with E-state index in [0.717, 1.165) is 18.7 Å². The van der Waals surface area contributed by atoms with E-state index in [0.29, 0.717) is 18.0 Å². The van der Waals surface area contributed by atoms with Crippen LogP contribution in [0, 0.1) is 12.8 Å². The van der Waals surface area contributed by atoms with Crippen molar-refractivity contribution in [2.45, 2.75) is 52.6 Å². The average molecular weight is 212 g/mol. The van der Waals surface area contributed by atoms with Crippen LogP contribution in [-0.2, 0) is 0 Å². The van der Waals surface area contributed by atoms with Crippen molar-refractivity contribution in [1.29, 1.82) is 0 Å². The summed E-state index contributed by atoms with van der Waals surface area (Å²) in [5.41, 5.74) is 0.622. The molecule has 0 saturated heterocycles. The molecule has 86 valence electrons. The van der Waals surface area contributed by atoms with Gasteiger partial charge >= 0.3 is 0 Å². The van der Waals surface area contributed by atoms with Crippen molar-refractivity contribution in [3.63, 3.8) is 0 Å². The van der Waals surface area contributed by atoms with Crippen LogP contribution < -0.4 is 0 Å². The zero-order chi connectivity index (χ0) is 11.3. The van der Waals surface area contributed by atoms with Gasteiger partial charge in [-0.1, -0.05) is 26.7 Å². The molecule has 2 unspecified atom stereocenters. The van der Waals surface area contributed by atoms with Gasteiger partial charge in [0.15, 0.2) is 0 Å². The fourth-order valence-electron chi connectivity index (χ4n) is 1.60. The van der Waals surface area contributed by atoms with Crippen molar-refractivity contribution in [2.24, 2.45) is 5.92 Å². The van der Waals surface area contributed by atoms with E-state index in [9.17, 15) is 4.39 Å². The molecule has 0 aliphatic rings. The number of aromatic nitrogens is 2. The molecule has 1 aromatic heterocycles. The average Bonchev–Trinajstić information content (AvgIpc) is 2.64. The molecule has 0 aliphatic carbocycles. The summed E-state index contributed by atoms with van der Waals surface area (Å²) in [5.74, 6) is 1.50. The van der Waals surface area contributed by atoms with Crippen molar-refractivity contribution < 1.29 is 4.39 Å². The molecule has 1 N–H and O–H groups in total. The monoisotopic (exact) mass is 212 g/mol. The van der Waals surface area contributed by atoms with Gasteiger partial charge in [0, 0.05) is 0 Å². The van der Waals surface area contributed by atoms with Crippen molar-refractivity contribution >= 4 is 0 Å². The Bertz CT molecular complexity index is 283. The predicted molar refractivity (Wildman–Crippen MR) is 60.5 cm³/mol. The van der Waals surface area contributed by atoms with Crippen LogP contribution in [0.3, 0.4) is 0 Å². The molecule has 0 aromatic carbocycles. The van der Waals surface area contributed by atoms with E-state index in [1.165, 1.54) is 6.42 Å². The largest absolute Gasteiger partial charge is 0.344 e. The molecule has 1 heterocycles. The van der Waals surface area contributed by atoms with Crippen molar-refractivity contribution in [3.05, 3.63) is 17.7 Å². The normalized spacial score (nSPS) is 15.2. The van der Waals surface area contributed by atoms with Gasteiger partial charge in [-0.05, 0) is 25.7 Å². The first-order valence-electron chi connectivity index (χ1n) is 5.79. The Hall–Kier alpha value is -0.860. The van der Waals surface area contributed by atoms with E-state index in [1.54, 1.807) is 6.20 Å². The van der Waals surface area contributed by atoms with E-state index in [2.05, 4.69) is 23.8 Å². The van der Waals surface area contributed by atoms with Crippen LogP contribution in [0.15, 0.2) is 6.20 Å². The Morgan fingerprint density at radius 1 is 1.47 bits per heavy atom. The number of halogens is 1. The summed E-state index contributed by atoms with van der Waals surface area (Å²) in [7, 11) is 0. The van der Waals surface area contributed by atoms with E-state index in [1.807, 2.05) is 6.92 Å². The van der Waals surface area contributed by atoms with Crippen LogP contribution in [0.5, 0.6) is 0 Å². The van der Waals surface area contributed by atoms with Crippen molar-refractivity contribution in [3.8, 4) is 0 Å². The highest BCUT2D eigenvalue weighted by molar-refractivity contribution is 5.03. The van der Waals surface area contributed by atoms with Crippen molar-refractivity contribution in [1.82, 2.24) is 9.97 Å². The summed E-state index contributed by atoms with van der Waals surface area (Å²) in [6.07, 6.45) is 4.57. The van der Waals surface area contributed by atoms with E-state index in [-0.39, 0.29) is 0 Å². The lowest BCUT2D eigenvalue weighted by Crippen LogP contribution is -1.96. The number of imidazole rings is 1. The number of hydrogen-bond acceptors (Lipinski definition) is 1. The minimum Gasteiger partial charge on any atom is -0.344 e. The molecular formula is C12H21FN2. The fraction of sp³-hybridized carbons (Fsp3) is 0.750. The lowest BCUT2D eigenvalue weighted by Gasteiger charge is -2.09. The number of hydrogen-bond donors (Lipinski definition) is 1. The standard InChI is InChI=1S/C12H21FN2/c1-4-9(2)6-5-7-11(13)12-8-14-10(3)15-12/h8-9,11H,4-7H2,1-3H3,(H,14,15). The molecule has 0 bridgehead atoms. The molecule has 0 radical (unpaired) electrons. The summed E-state index contributed by atoms with van der Waals surface area (Å²) in [4.78, 5) is 6.94. The number of nitrogens with zero attached hydrogens (tertiary/aromatic N) is 1. The Balaban J connectivity index is 2.27. The van der Waals surface area contributed by atoms with Crippen LogP contribution in [0.4, 0.5) is 4.39 Å². The Morgan fingerprint density at radius 2 is 2.20 bits per heavy atom. The van der Waals surface area contributed by atoms with E-state index >= 15 is 0 Å². The predicted octanol–water partition coefficient (Wildman–Crippen LogP) is 3.95. The number of H-pyrrole nitrogens is 1. The molecule has 2 nitrogen and oxygen atoms in total. The summed E-state index contributed by atoms with van der Waals surface area (Å²) in [5, 5.41) is 0. The van der Waals surface area contributed by atoms with Gasteiger partial charge in [-0.25, -0.2) is 9.37 Å². The van der Waals surface area contributed by atoms with Crippen LogP contribution in [0.1, 0.15) is 57.2 Å². The highest BCUT2D eigenvalue weighted by Crippen LogP contribution is 2.23. The third-order valence-corrected chi connectivity index (χ3v) is 2.91. The molecule has 3 heteroatoms. The van der Waals surface area contributed by atoms with Gasteiger partial charge in [0.2, 0.25) is 0 Å². The number of nitrogens with one attached hydrogen (secondary N) is 1. The van der Waals surface area contributed by atoms with Crippen LogP contribution in [-0.4, -0.2) is 9.97 Å². The highest BCUT2D eigenvalue weighted by atomic mass is 19.1. The third kappa shape index (κ3) is 4.02.